The van der Waals surface area contributed by atoms with Gasteiger partial charge in [-0.05, 0) is 25.0 Å². The molecule has 3 aromatic heterocycles. The minimum atomic E-state index is -1.19. The van der Waals surface area contributed by atoms with Gasteiger partial charge in [0.25, 0.3) is 5.91 Å². The van der Waals surface area contributed by atoms with Crippen molar-refractivity contribution < 1.29 is 14.7 Å². The molecular formula is C16H17N7O3. The van der Waals surface area contributed by atoms with E-state index in [2.05, 4.69) is 15.2 Å². The van der Waals surface area contributed by atoms with E-state index in [1.165, 1.54) is 22.2 Å². The highest BCUT2D eigenvalue weighted by molar-refractivity contribution is 6.10. The topological polar surface area (TPSA) is 109 Å². The van der Waals surface area contributed by atoms with Crippen LogP contribution >= 0.6 is 0 Å². The molecule has 1 N–H and O–H groups in total. The van der Waals surface area contributed by atoms with Crippen LogP contribution in [0.1, 0.15) is 33.7 Å². The Kier molecular flexibility index (Phi) is 3.88. The van der Waals surface area contributed by atoms with Crippen molar-refractivity contribution in [1.82, 2.24) is 29.4 Å². The molecule has 0 aliphatic carbocycles. The lowest BCUT2D eigenvalue weighted by atomic mass is 10.2. The van der Waals surface area contributed by atoms with Gasteiger partial charge in [0.15, 0.2) is 5.65 Å². The second kappa shape index (κ2) is 6.23. The van der Waals surface area contributed by atoms with E-state index in [1.54, 1.807) is 29.9 Å². The summed E-state index contributed by atoms with van der Waals surface area (Å²) in [6.45, 7) is 1.42. The molecule has 0 atom stereocenters. The molecule has 0 radical (unpaired) electrons. The lowest BCUT2D eigenvalue weighted by Crippen LogP contribution is -2.46. The minimum absolute atomic E-state index is 0.0306. The predicted molar refractivity (Wildman–Crippen MR) is 90.8 cm³/mol. The molecule has 3 aromatic rings. The fourth-order valence-electron chi connectivity index (χ4n) is 3.19. The number of carbonyl (C=O) groups is 2. The molecular weight excluding hydrogens is 338 g/mol. The van der Waals surface area contributed by atoms with Gasteiger partial charge < -0.3 is 5.11 Å². The van der Waals surface area contributed by atoms with Crippen molar-refractivity contribution in [3.8, 4) is 0 Å². The molecule has 0 unspecified atom stereocenters. The van der Waals surface area contributed by atoms with Crippen molar-refractivity contribution in [2.75, 3.05) is 18.1 Å². The highest BCUT2D eigenvalue weighted by atomic mass is 16.4. The van der Waals surface area contributed by atoms with Crippen molar-refractivity contribution in [2.45, 2.75) is 12.8 Å². The van der Waals surface area contributed by atoms with Crippen LogP contribution in [0.3, 0.4) is 0 Å². The highest BCUT2D eigenvalue weighted by Crippen LogP contribution is 2.24. The number of fused-ring (bicyclic) bond motifs is 1. The summed E-state index contributed by atoms with van der Waals surface area (Å²) in [6, 6.07) is 3.54. The van der Waals surface area contributed by atoms with Crippen LogP contribution in [0, 0.1) is 0 Å². The van der Waals surface area contributed by atoms with E-state index in [0.29, 0.717) is 24.4 Å². The van der Waals surface area contributed by atoms with Gasteiger partial charge in [-0.3, -0.25) is 9.48 Å². The van der Waals surface area contributed by atoms with Gasteiger partial charge in [-0.1, -0.05) is 0 Å². The van der Waals surface area contributed by atoms with Crippen LogP contribution in [-0.2, 0) is 7.05 Å². The van der Waals surface area contributed by atoms with E-state index in [0.717, 1.165) is 12.8 Å². The highest BCUT2D eigenvalue weighted by Gasteiger charge is 2.32. The molecule has 1 aliphatic heterocycles. The Bertz CT molecular complexity index is 987. The first-order valence-electron chi connectivity index (χ1n) is 8.20. The van der Waals surface area contributed by atoms with E-state index in [4.69, 9.17) is 0 Å². The number of anilines is 1. The Morgan fingerprint density at radius 1 is 1.19 bits per heavy atom. The van der Waals surface area contributed by atoms with Crippen molar-refractivity contribution >= 4 is 23.2 Å². The van der Waals surface area contributed by atoms with Crippen molar-refractivity contribution in [3.05, 3.63) is 42.1 Å². The third kappa shape index (κ3) is 2.60. The average molecular weight is 355 g/mol. The number of hydrogen-bond acceptors (Lipinski definition) is 6. The lowest BCUT2D eigenvalue weighted by molar-refractivity contribution is 0.0689. The molecule has 0 bridgehead atoms. The van der Waals surface area contributed by atoms with Gasteiger partial charge in [0.2, 0.25) is 0 Å². The van der Waals surface area contributed by atoms with Gasteiger partial charge in [-0.25, -0.2) is 24.3 Å². The summed E-state index contributed by atoms with van der Waals surface area (Å²) in [4.78, 5) is 28.9. The second-order valence-corrected chi connectivity index (χ2v) is 6.06. The van der Waals surface area contributed by atoms with Gasteiger partial charge in [0.05, 0.1) is 18.1 Å². The maximum absolute atomic E-state index is 13.3. The molecule has 10 heteroatoms. The second-order valence-electron chi connectivity index (χ2n) is 6.06. The molecule has 1 amide bonds. The summed E-state index contributed by atoms with van der Waals surface area (Å²) >= 11 is 0. The zero-order valence-corrected chi connectivity index (χ0v) is 14.1. The van der Waals surface area contributed by atoms with E-state index in [9.17, 15) is 14.7 Å². The molecule has 1 fully saturated rings. The number of hydrogen-bond donors (Lipinski definition) is 1. The standard InChI is InChI=1S/C16H17N7O3/c1-20-14(12(8-18-20)16(25)26)15(24)23(21-6-2-3-7-21)11-4-5-13-17-10-19-22(13)9-11/h4-5,8-10H,2-3,6-7H2,1H3,(H,25,26). The number of rotatable bonds is 4. The predicted octanol–water partition coefficient (Wildman–Crippen LogP) is 0.819. The largest absolute Gasteiger partial charge is 0.478 e. The Morgan fingerprint density at radius 3 is 2.69 bits per heavy atom. The maximum atomic E-state index is 13.3. The number of carboxylic acids is 1. The van der Waals surface area contributed by atoms with Crippen LogP contribution in [0.25, 0.3) is 5.65 Å². The fraction of sp³-hybridized carbons (Fsp3) is 0.312. The van der Waals surface area contributed by atoms with Gasteiger partial charge in [-0.15, -0.1) is 0 Å². The van der Waals surface area contributed by atoms with Crippen LogP contribution in [0.2, 0.25) is 0 Å². The number of amides is 1. The quantitative estimate of drug-likeness (QED) is 0.738. The third-order valence-electron chi connectivity index (χ3n) is 4.43. The Morgan fingerprint density at radius 2 is 1.96 bits per heavy atom. The van der Waals surface area contributed by atoms with Gasteiger partial charge >= 0.3 is 5.97 Å². The van der Waals surface area contributed by atoms with Gasteiger partial charge in [-0.2, -0.15) is 10.2 Å². The number of hydrazine groups is 1. The van der Waals surface area contributed by atoms with Crippen LogP contribution in [0.15, 0.2) is 30.9 Å². The molecule has 0 aromatic carbocycles. The summed E-state index contributed by atoms with van der Waals surface area (Å²) in [5.41, 5.74) is 1.16. The first-order chi connectivity index (χ1) is 12.6. The van der Waals surface area contributed by atoms with Crippen LogP contribution in [0.4, 0.5) is 5.69 Å². The summed E-state index contributed by atoms with van der Waals surface area (Å²) in [5.74, 6) is -1.63. The first-order valence-corrected chi connectivity index (χ1v) is 8.20. The molecule has 4 rings (SSSR count). The fourth-order valence-corrected chi connectivity index (χ4v) is 3.19. The SMILES string of the molecule is Cn1ncc(C(=O)O)c1C(=O)N(c1ccc2ncnn2c1)N1CCCC1. The molecule has 4 heterocycles. The lowest BCUT2D eigenvalue weighted by Gasteiger charge is -2.31. The molecule has 1 saturated heterocycles. The number of aryl methyl sites for hydroxylation is 1. The zero-order chi connectivity index (χ0) is 18.3. The molecule has 0 spiro atoms. The number of carbonyl (C=O) groups excluding carboxylic acids is 1. The number of aromatic nitrogens is 5. The summed E-state index contributed by atoms with van der Waals surface area (Å²) in [6.07, 6.45) is 6.26. The molecule has 26 heavy (non-hydrogen) atoms. The van der Waals surface area contributed by atoms with E-state index >= 15 is 0 Å². The van der Waals surface area contributed by atoms with E-state index < -0.39 is 11.9 Å². The Hall–Kier alpha value is -3.27. The smallest absolute Gasteiger partial charge is 0.339 e. The summed E-state index contributed by atoms with van der Waals surface area (Å²) in [7, 11) is 1.56. The normalized spacial score (nSPS) is 14.8. The minimum Gasteiger partial charge on any atom is -0.478 e. The Balaban J connectivity index is 1.82. The van der Waals surface area contributed by atoms with Crippen molar-refractivity contribution in [3.63, 3.8) is 0 Å². The molecule has 0 saturated carbocycles. The first kappa shape index (κ1) is 16.2. The van der Waals surface area contributed by atoms with Gasteiger partial charge in [0, 0.05) is 20.1 Å². The zero-order valence-electron chi connectivity index (χ0n) is 14.1. The van der Waals surface area contributed by atoms with E-state index in [-0.39, 0.29) is 11.3 Å². The number of pyridine rings is 1. The monoisotopic (exact) mass is 355 g/mol. The van der Waals surface area contributed by atoms with Crippen LogP contribution in [-0.4, -0.2) is 59.5 Å². The third-order valence-corrected chi connectivity index (χ3v) is 4.43. The average Bonchev–Trinajstić information content (AvgIpc) is 3.34. The molecule has 1 aliphatic rings. The number of nitrogens with zero attached hydrogens (tertiary/aromatic N) is 7. The van der Waals surface area contributed by atoms with Crippen LogP contribution < -0.4 is 5.01 Å². The Labute approximate surface area is 148 Å². The molecule has 134 valence electrons. The van der Waals surface area contributed by atoms with Gasteiger partial charge in [0.1, 0.15) is 17.6 Å². The number of aromatic carboxylic acids is 1. The van der Waals surface area contributed by atoms with E-state index in [1.807, 2.05) is 5.01 Å². The summed E-state index contributed by atoms with van der Waals surface area (Å²) < 4.78 is 2.87. The number of carboxylic acid groups (broad SMARTS) is 1. The summed E-state index contributed by atoms with van der Waals surface area (Å²) in [5, 5.41) is 20.9. The van der Waals surface area contributed by atoms with Crippen LogP contribution in [0.5, 0.6) is 0 Å². The molecule has 10 nitrogen and oxygen atoms in total. The maximum Gasteiger partial charge on any atom is 0.339 e. The van der Waals surface area contributed by atoms with Crippen molar-refractivity contribution in [2.24, 2.45) is 7.05 Å². The van der Waals surface area contributed by atoms with Crippen molar-refractivity contribution in [1.29, 1.82) is 0 Å².